The molecule has 106 valence electrons. The number of hydrogen-bond donors (Lipinski definition) is 0. The van der Waals surface area contributed by atoms with E-state index in [1.54, 1.807) is 23.5 Å². The lowest BCUT2D eigenvalue weighted by atomic mass is 10.2. The molecule has 0 aromatic carbocycles. The Hall–Kier alpha value is 0.480. The molecule has 0 unspecified atom stereocenters. The van der Waals surface area contributed by atoms with Crippen molar-refractivity contribution >= 4 is 56.7 Å². The third kappa shape index (κ3) is 12.9. The molecular formula is C12H22O2S4. The zero-order valence-corrected chi connectivity index (χ0v) is 14.7. The standard InChI is InChI=1S/C12H22O2S4/c1-9(2)7-13-11(15)17-5-6-18-12(16)14-8-10(3)4/h9-10H,5-8H2,1-4H3. The Morgan fingerprint density at radius 3 is 1.44 bits per heavy atom. The molecule has 0 amide bonds. The first-order chi connectivity index (χ1) is 8.41. The van der Waals surface area contributed by atoms with E-state index < -0.39 is 0 Å². The molecule has 2 nitrogen and oxygen atoms in total. The van der Waals surface area contributed by atoms with Crippen LogP contribution in [0, 0.1) is 11.8 Å². The first kappa shape index (κ1) is 18.5. The summed E-state index contributed by atoms with van der Waals surface area (Å²) in [5.41, 5.74) is 0. The molecule has 0 saturated carbocycles. The van der Waals surface area contributed by atoms with Crippen molar-refractivity contribution in [3.05, 3.63) is 0 Å². The highest BCUT2D eigenvalue weighted by molar-refractivity contribution is 8.25. The monoisotopic (exact) mass is 326 g/mol. The van der Waals surface area contributed by atoms with E-state index >= 15 is 0 Å². The Morgan fingerprint density at radius 1 is 0.833 bits per heavy atom. The van der Waals surface area contributed by atoms with Crippen LogP contribution < -0.4 is 0 Å². The highest BCUT2D eigenvalue weighted by Gasteiger charge is 2.04. The highest BCUT2D eigenvalue weighted by Crippen LogP contribution is 2.13. The highest BCUT2D eigenvalue weighted by atomic mass is 32.2. The summed E-state index contributed by atoms with van der Waals surface area (Å²) in [6.07, 6.45) is 0. The maximum atomic E-state index is 5.41. The van der Waals surface area contributed by atoms with E-state index in [-0.39, 0.29) is 0 Å². The van der Waals surface area contributed by atoms with Gasteiger partial charge in [-0.25, -0.2) is 0 Å². The van der Waals surface area contributed by atoms with E-state index in [0.717, 1.165) is 11.5 Å². The SMILES string of the molecule is CC(C)COC(=S)SCCSC(=S)OCC(C)C. The van der Waals surface area contributed by atoms with Crippen LogP contribution in [-0.4, -0.2) is 33.5 Å². The van der Waals surface area contributed by atoms with E-state index in [9.17, 15) is 0 Å². The zero-order valence-electron chi connectivity index (χ0n) is 11.4. The van der Waals surface area contributed by atoms with E-state index in [1.807, 2.05) is 0 Å². The van der Waals surface area contributed by atoms with Crippen molar-refractivity contribution < 1.29 is 9.47 Å². The van der Waals surface area contributed by atoms with Gasteiger partial charge in [0.15, 0.2) is 0 Å². The van der Waals surface area contributed by atoms with Crippen LogP contribution in [0.5, 0.6) is 0 Å². The largest absolute Gasteiger partial charge is 0.478 e. The Bertz CT molecular complexity index is 228. The lowest BCUT2D eigenvalue weighted by Gasteiger charge is -2.10. The van der Waals surface area contributed by atoms with Gasteiger partial charge in [-0.2, -0.15) is 0 Å². The topological polar surface area (TPSA) is 18.5 Å². The molecule has 0 aliphatic heterocycles. The van der Waals surface area contributed by atoms with Gasteiger partial charge in [0.2, 0.25) is 8.77 Å². The van der Waals surface area contributed by atoms with Crippen molar-refractivity contribution in [2.75, 3.05) is 24.7 Å². The van der Waals surface area contributed by atoms with Gasteiger partial charge in [-0.1, -0.05) is 51.2 Å². The van der Waals surface area contributed by atoms with Crippen molar-refractivity contribution in [1.29, 1.82) is 0 Å². The second-order valence-electron chi connectivity index (χ2n) is 4.61. The van der Waals surface area contributed by atoms with Gasteiger partial charge >= 0.3 is 0 Å². The summed E-state index contributed by atoms with van der Waals surface area (Å²) in [7, 11) is 0. The second kappa shape index (κ2) is 11.3. The quantitative estimate of drug-likeness (QED) is 0.507. The normalized spacial score (nSPS) is 10.8. The first-order valence-electron chi connectivity index (χ1n) is 6.01. The molecular weight excluding hydrogens is 304 g/mol. The van der Waals surface area contributed by atoms with Gasteiger partial charge in [-0.05, 0) is 36.3 Å². The predicted octanol–water partition coefficient (Wildman–Crippen LogP) is 4.37. The van der Waals surface area contributed by atoms with Gasteiger partial charge < -0.3 is 9.47 Å². The average molecular weight is 327 g/mol. The summed E-state index contributed by atoms with van der Waals surface area (Å²) in [5.74, 6) is 2.81. The second-order valence-corrected chi connectivity index (χ2v) is 8.00. The number of rotatable bonds is 7. The van der Waals surface area contributed by atoms with E-state index in [2.05, 4.69) is 27.7 Å². The van der Waals surface area contributed by atoms with Crippen molar-refractivity contribution in [1.82, 2.24) is 0 Å². The number of thiocarbonyl (C=S) groups is 2. The molecule has 0 aliphatic rings. The predicted molar refractivity (Wildman–Crippen MR) is 91.7 cm³/mol. The van der Waals surface area contributed by atoms with Gasteiger partial charge in [0.25, 0.3) is 0 Å². The number of thioether (sulfide) groups is 2. The number of ether oxygens (including phenoxy) is 2. The lowest BCUT2D eigenvalue weighted by molar-refractivity contribution is 0.272. The summed E-state index contributed by atoms with van der Waals surface area (Å²) < 4.78 is 12.1. The third-order valence-electron chi connectivity index (χ3n) is 1.59. The van der Waals surface area contributed by atoms with Gasteiger partial charge in [-0.3, -0.25) is 0 Å². The van der Waals surface area contributed by atoms with Crippen LogP contribution in [0.3, 0.4) is 0 Å². The van der Waals surface area contributed by atoms with Crippen molar-refractivity contribution in [3.63, 3.8) is 0 Å². The molecule has 0 spiro atoms. The van der Waals surface area contributed by atoms with Crippen LogP contribution in [0.4, 0.5) is 0 Å². The maximum Gasteiger partial charge on any atom is 0.219 e. The molecule has 18 heavy (non-hydrogen) atoms. The Kier molecular flexibility index (Phi) is 11.6. The Morgan fingerprint density at radius 2 is 1.17 bits per heavy atom. The van der Waals surface area contributed by atoms with Crippen LogP contribution in [0.25, 0.3) is 0 Å². The van der Waals surface area contributed by atoms with Gasteiger partial charge in [0.05, 0.1) is 13.2 Å². The van der Waals surface area contributed by atoms with E-state index in [1.165, 1.54) is 0 Å². The third-order valence-corrected chi connectivity index (χ3v) is 4.32. The van der Waals surface area contributed by atoms with E-state index in [0.29, 0.717) is 33.8 Å². The van der Waals surface area contributed by atoms with Gasteiger partial charge in [0, 0.05) is 11.5 Å². The molecule has 0 rings (SSSR count). The lowest BCUT2D eigenvalue weighted by Crippen LogP contribution is -2.07. The van der Waals surface area contributed by atoms with Crippen molar-refractivity contribution in [3.8, 4) is 0 Å². The van der Waals surface area contributed by atoms with Gasteiger partial charge in [0.1, 0.15) is 0 Å². The van der Waals surface area contributed by atoms with E-state index in [4.69, 9.17) is 33.9 Å². The van der Waals surface area contributed by atoms with Crippen LogP contribution in [0.1, 0.15) is 27.7 Å². The Balaban J connectivity index is 3.44. The summed E-state index contributed by atoms with van der Waals surface area (Å²) in [4.78, 5) is 0. The summed E-state index contributed by atoms with van der Waals surface area (Å²) >= 11 is 13.3. The molecule has 0 N–H and O–H groups in total. The molecule has 0 bridgehead atoms. The van der Waals surface area contributed by atoms with Crippen molar-refractivity contribution in [2.24, 2.45) is 11.8 Å². The molecule has 0 aromatic rings. The smallest absolute Gasteiger partial charge is 0.219 e. The van der Waals surface area contributed by atoms with Crippen LogP contribution in [0.2, 0.25) is 0 Å². The molecule has 0 aromatic heterocycles. The minimum Gasteiger partial charge on any atom is -0.478 e. The molecule has 0 aliphatic carbocycles. The fourth-order valence-corrected chi connectivity index (χ4v) is 2.74. The molecule has 0 heterocycles. The fraction of sp³-hybridized carbons (Fsp3) is 0.833. The minimum atomic E-state index is 0.509. The molecule has 0 saturated heterocycles. The van der Waals surface area contributed by atoms with Crippen molar-refractivity contribution in [2.45, 2.75) is 27.7 Å². The summed E-state index contributed by atoms with van der Waals surface area (Å²) in [5, 5.41) is 0. The van der Waals surface area contributed by atoms with Crippen LogP contribution in [-0.2, 0) is 9.47 Å². The fourth-order valence-electron chi connectivity index (χ4n) is 0.803. The molecule has 6 heteroatoms. The summed E-state index contributed by atoms with van der Waals surface area (Å²) in [6, 6.07) is 0. The molecule has 0 atom stereocenters. The first-order valence-corrected chi connectivity index (χ1v) is 8.79. The number of hydrogen-bond acceptors (Lipinski definition) is 6. The maximum absolute atomic E-state index is 5.41. The van der Waals surface area contributed by atoms with Crippen LogP contribution >= 0.6 is 48.0 Å². The minimum absolute atomic E-state index is 0.509. The molecule has 0 radical (unpaired) electrons. The summed E-state index contributed by atoms with van der Waals surface area (Å²) in [6.45, 7) is 9.80. The molecule has 0 fully saturated rings. The Labute approximate surface area is 130 Å². The van der Waals surface area contributed by atoms with Gasteiger partial charge in [-0.15, -0.1) is 0 Å². The average Bonchev–Trinajstić information content (AvgIpc) is 2.29. The van der Waals surface area contributed by atoms with Crippen LogP contribution in [0.15, 0.2) is 0 Å². The zero-order chi connectivity index (χ0) is 14.0.